The fourth-order valence-electron chi connectivity index (χ4n) is 3.40. The Bertz CT molecular complexity index is 492. The van der Waals surface area contributed by atoms with Gasteiger partial charge in [-0.3, -0.25) is 0 Å². The Kier molecular flexibility index (Phi) is 5.25. The summed E-state index contributed by atoms with van der Waals surface area (Å²) in [5.74, 6) is 0. The Morgan fingerprint density at radius 2 is 1.76 bits per heavy atom. The van der Waals surface area contributed by atoms with Gasteiger partial charge in [-0.15, -0.1) is 0 Å². The Hall–Kier alpha value is -0.280. The average Bonchev–Trinajstić information content (AvgIpc) is 2.45. The molecule has 0 bridgehead atoms. The van der Waals surface area contributed by atoms with Crippen LogP contribution in [0.3, 0.4) is 0 Å². The normalized spacial score (nSPS) is 22.0. The summed E-state index contributed by atoms with van der Waals surface area (Å²) < 4.78 is 6.01. The highest BCUT2D eigenvalue weighted by atomic mass is 35.5. The van der Waals surface area contributed by atoms with Crippen LogP contribution in [0.1, 0.15) is 51.1 Å². The maximum atomic E-state index is 6.41. The van der Waals surface area contributed by atoms with Gasteiger partial charge in [0.15, 0.2) is 0 Å². The molecule has 0 aromatic heterocycles. The van der Waals surface area contributed by atoms with E-state index < -0.39 is 0 Å². The molecule has 1 aliphatic rings. The number of hydrogen-bond donors (Lipinski definition) is 1. The van der Waals surface area contributed by atoms with Gasteiger partial charge in [0.1, 0.15) is 0 Å². The van der Waals surface area contributed by atoms with Gasteiger partial charge in [0.05, 0.1) is 11.6 Å². The van der Waals surface area contributed by atoms with E-state index in [0.29, 0.717) is 10.4 Å². The first kappa shape index (κ1) is 17.1. The number of nitrogens with one attached hydrogen (secondary N) is 1. The van der Waals surface area contributed by atoms with E-state index in [2.05, 4.69) is 19.2 Å². The summed E-state index contributed by atoms with van der Waals surface area (Å²) in [6.07, 6.45) is 4.34. The van der Waals surface area contributed by atoms with Crippen molar-refractivity contribution in [2.75, 3.05) is 14.2 Å². The lowest BCUT2D eigenvalue weighted by Crippen LogP contribution is -2.48. The van der Waals surface area contributed by atoms with Crippen molar-refractivity contribution in [1.82, 2.24) is 5.32 Å². The highest BCUT2D eigenvalue weighted by Crippen LogP contribution is 2.48. The molecule has 0 spiro atoms. The van der Waals surface area contributed by atoms with Crippen LogP contribution in [0.4, 0.5) is 0 Å². The summed E-state index contributed by atoms with van der Waals surface area (Å²) in [6, 6.07) is 5.68. The van der Waals surface area contributed by atoms with E-state index in [-0.39, 0.29) is 11.6 Å². The first-order valence-corrected chi connectivity index (χ1v) is 8.26. The van der Waals surface area contributed by atoms with E-state index in [9.17, 15) is 0 Å². The molecular weight excluding hydrogens is 305 g/mol. The van der Waals surface area contributed by atoms with Crippen LogP contribution in [0.25, 0.3) is 0 Å². The second-order valence-electron chi connectivity index (χ2n) is 6.82. The molecule has 2 nitrogen and oxygen atoms in total. The van der Waals surface area contributed by atoms with Gasteiger partial charge in [0.25, 0.3) is 0 Å². The largest absolute Gasteiger partial charge is 0.376 e. The zero-order valence-corrected chi connectivity index (χ0v) is 14.8. The van der Waals surface area contributed by atoms with Gasteiger partial charge in [-0.1, -0.05) is 37.0 Å². The lowest BCUT2D eigenvalue weighted by molar-refractivity contribution is -0.0861. The number of likely N-dealkylation sites (N-methyl/N-ethyl adjacent to an activating group) is 1. The van der Waals surface area contributed by atoms with E-state index in [4.69, 9.17) is 27.9 Å². The van der Waals surface area contributed by atoms with E-state index in [1.165, 1.54) is 0 Å². The molecule has 0 radical (unpaired) electrons. The number of ether oxygens (including phenoxy) is 1. The fourth-order valence-corrected chi connectivity index (χ4v) is 3.81. The van der Waals surface area contributed by atoms with Crippen molar-refractivity contribution >= 4 is 23.2 Å². The summed E-state index contributed by atoms with van der Waals surface area (Å²) >= 11 is 12.6. The predicted octanol–water partition coefficient (Wildman–Crippen LogP) is 5.24. The lowest BCUT2D eigenvalue weighted by Gasteiger charge is -2.47. The van der Waals surface area contributed by atoms with Crippen LogP contribution in [0, 0.1) is 5.41 Å². The Morgan fingerprint density at radius 1 is 1.14 bits per heavy atom. The molecule has 1 aliphatic carbocycles. The lowest BCUT2D eigenvalue weighted by atomic mass is 9.67. The van der Waals surface area contributed by atoms with Crippen LogP contribution >= 0.6 is 23.2 Å². The molecule has 1 unspecified atom stereocenters. The summed E-state index contributed by atoms with van der Waals surface area (Å²) in [4.78, 5) is 0. The Labute approximate surface area is 138 Å². The smallest absolute Gasteiger partial charge is 0.0873 e. The average molecular weight is 330 g/mol. The van der Waals surface area contributed by atoms with Crippen molar-refractivity contribution in [3.8, 4) is 0 Å². The highest BCUT2D eigenvalue weighted by Gasteiger charge is 2.44. The zero-order valence-electron chi connectivity index (χ0n) is 13.3. The zero-order chi connectivity index (χ0) is 15.7. The molecule has 0 heterocycles. The molecule has 118 valence electrons. The highest BCUT2D eigenvalue weighted by molar-refractivity contribution is 6.33. The standard InChI is InChI=1S/C17H25Cl2NO/c1-16(2)7-9-17(21-4,10-8-16)15(20-3)13-11-12(18)5-6-14(13)19/h5-6,11,15,20H,7-10H2,1-4H3. The molecule has 0 aliphatic heterocycles. The molecule has 21 heavy (non-hydrogen) atoms. The quantitative estimate of drug-likeness (QED) is 0.815. The third-order valence-corrected chi connectivity index (χ3v) is 5.52. The second-order valence-corrected chi connectivity index (χ2v) is 7.66. The predicted molar refractivity (Wildman–Crippen MR) is 90.3 cm³/mol. The molecule has 1 fully saturated rings. The number of halogens is 2. The van der Waals surface area contributed by atoms with Gasteiger partial charge in [-0.05, 0) is 61.9 Å². The van der Waals surface area contributed by atoms with Crippen LogP contribution in [0.15, 0.2) is 18.2 Å². The van der Waals surface area contributed by atoms with Gasteiger partial charge >= 0.3 is 0 Å². The molecule has 0 saturated heterocycles. The number of methoxy groups -OCH3 is 1. The summed E-state index contributed by atoms with van der Waals surface area (Å²) in [7, 11) is 3.77. The second kappa shape index (κ2) is 6.45. The number of hydrogen-bond acceptors (Lipinski definition) is 2. The van der Waals surface area contributed by atoms with Crippen molar-refractivity contribution in [1.29, 1.82) is 0 Å². The van der Waals surface area contributed by atoms with Crippen molar-refractivity contribution in [3.05, 3.63) is 33.8 Å². The Balaban J connectivity index is 2.36. The van der Waals surface area contributed by atoms with Crippen molar-refractivity contribution in [3.63, 3.8) is 0 Å². The summed E-state index contributed by atoms with van der Waals surface area (Å²) in [5, 5.41) is 4.85. The molecule has 1 atom stereocenters. The Morgan fingerprint density at radius 3 is 2.29 bits per heavy atom. The van der Waals surface area contributed by atoms with E-state index in [0.717, 1.165) is 36.3 Å². The van der Waals surface area contributed by atoms with Gasteiger partial charge < -0.3 is 10.1 Å². The fraction of sp³-hybridized carbons (Fsp3) is 0.647. The van der Waals surface area contributed by atoms with E-state index >= 15 is 0 Å². The van der Waals surface area contributed by atoms with Gasteiger partial charge in [0.2, 0.25) is 0 Å². The molecule has 0 amide bonds. The van der Waals surface area contributed by atoms with Gasteiger partial charge in [-0.2, -0.15) is 0 Å². The van der Waals surface area contributed by atoms with Crippen molar-refractivity contribution < 1.29 is 4.74 Å². The van der Waals surface area contributed by atoms with Crippen LogP contribution in [-0.4, -0.2) is 19.8 Å². The molecule has 1 aromatic carbocycles. The van der Waals surface area contributed by atoms with E-state index in [1.54, 1.807) is 7.11 Å². The SMILES string of the molecule is CNC(c1cc(Cl)ccc1Cl)C1(OC)CCC(C)(C)CC1. The number of benzene rings is 1. The molecule has 4 heteroatoms. The third-order valence-electron chi connectivity index (χ3n) is 4.94. The molecular formula is C17H25Cl2NO. The van der Waals surface area contributed by atoms with Crippen molar-refractivity contribution in [2.45, 2.75) is 51.2 Å². The van der Waals surface area contributed by atoms with Crippen LogP contribution in [0.2, 0.25) is 10.0 Å². The molecule has 2 rings (SSSR count). The topological polar surface area (TPSA) is 21.3 Å². The monoisotopic (exact) mass is 329 g/mol. The van der Waals surface area contributed by atoms with Gasteiger partial charge in [0, 0.05) is 17.2 Å². The maximum Gasteiger partial charge on any atom is 0.0873 e. The minimum Gasteiger partial charge on any atom is -0.376 e. The van der Waals surface area contributed by atoms with Gasteiger partial charge in [-0.25, -0.2) is 0 Å². The maximum absolute atomic E-state index is 6.41. The van der Waals surface area contributed by atoms with E-state index in [1.807, 2.05) is 25.2 Å². The first-order chi connectivity index (χ1) is 9.83. The van der Waals surface area contributed by atoms with Crippen LogP contribution in [-0.2, 0) is 4.74 Å². The van der Waals surface area contributed by atoms with Crippen LogP contribution < -0.4 is 5.32 Å². The first-order valence-electron chi connectivity index (χ1n) is 7.51. The summed E-state index contributed by atoms with van der Waals surface area (Å²) in [6.45, 7) is 4.65. The molecule has 1 N–H and O–H groups in total. The number of rotatable bonds is 4. The summed E-state index contributed by atoms with van der Waals surface area (Å²) in [5.41, 5.74) is 1.19. The molecule has 1 saturated carbocycles. The minimum atomic E-state index is -0.224. The van der Waals surface area contributed by atoms with Crippen LogP contribution in [0.5, 0.6) is 0 Å². The minimum absolute atomic E-state index is 0.0461. The third kappa shape index (κ3) is 3.56. The van der Waals surface area contributed by atoms with Crippen molar-refractivity contribution in [2.24, 2.45) is 5.41 Å². The molecule has 1 aromatic rings.